The Morgan fingerprint density at radius 1 is 1.35 bits per heavy atom. The van der Waals surface area contributed by atoms with Gasteiger partial charge in [0.25, 0.3) is 0 Å². The van der Waals surface area contributed by atoms with Crippen molar-refractivity contribution in [1.82, 2.24) is 4.90 Å². The number of benzene rings is 1. The number of nitrogens with zero attached hydrogens (tertiary/aromatic N) is 2. The molecule has 3 nitrogen and oxygen atoms in total. The monoisotopic (exact) mass is 232 g/mol. The zero-order valence-electron chi connectivity index (χ0n) is 10.6. The first-order valence-electron chi connectivity index (χ1n) is 5.97. The van der Waals surface area contributed by atoms with Gasteiger partial charge in [0.05, 0.1) is 18.6 Å². The van der Waals surface area contributed by atoms with Crippen molar-refractivity contribution in [2.75, 3.05) is 33.4 Å². The van der Waals surface area contributed by atoms with Crippen molar-refractivity contribution in [1.29, 1.82) is 5.26 Å². The van der Waals surface area contributed by atoms with Gasteiger partial charge in [0.2, 0.25) is 0 Å². The number of nitriles is 1. The molecule has 0 saturated heterocycles. The van der Waals surface area contributed by atoms with Crippen LogP contribution in [0, 0.1) is 11.3 Å². The second kappa shape index (κ2) is 7.83. The van der Waals surface area contributed by atoms with Crippen molar-refractivity contribution < 1.29 is 4.74 Å². The summed E-state index contributed by atoms with van der Waals surface area (Å²) in [6.45, 7) is 5.39. The number of likely N-dealkylation sites (N-methyl/N-ethyl adjacent to an activating group) is 1. The van der Waals surface area contributed by atoms with Crippen molar-refractivity contribution in [3.63, 3.8) is 0 Å². The predicted molar refractivity (Wildman–Crippen MR) is 68.8 cm³/mol. The third-order valence-corrected chi connectivity index (χ3v) is 2.86. The van der Waals surface area contributed by atoms with E-state index >= 15 is 0 Å². The van der Waals surface area contributed by atoms with Crippen LogP contribution in [0.4, 0.5) is 0 Å². The Balaban J connectivity index is 2.60. The van der Waals surface area contributed by atoms with E-state index in [-0.39, 0.29) is 5.92 Å². The zero-order chi connectivity index (χ0) is 12.5. The van der Waals surface area contributed by atoms with E-state index in [1.165, 1.54) is 0 Å². The Hall–Kier alpha value is -1.37. The van der Waals surface area contributed by atoms with Crippen molar-refractivity contribution in [2.45, 2.75) is 12.8 Å². The van der Waals surface area contributed by atoms with Crippen molar-refractivity contribution in [3.05, 3.63) is 35.9 Å². The van der Waals surface area contributed by atoms with E-state index in [9.17, 15) is 5.26 Å². The Morgan fingerprint density at radius 3 is 2.59 bits per heavy atom. The summed E-state index contributed by atoms with van der Waals surface area (Å²) in [7, 11) is 1.70. The molecule has 0 aromatic heterocycles. The average molecular weight is 232 g/mol. The molecule has 0 N–H and O–H groups in total. The summed E-state index contributed by atoms with van der Waals surface area (Å²) in [5.41, 5.74) is 1.09. The van der Waals surface area contributed by atoms with Crippen molar-refractivity contribution in [2.24, 2.45) is 0 Å². The molecule has 0 aliphatic rings. The number of hydrogen-bond donors (Lipinski definition) is 0. The summed E-state index contributed by atoms with van der Waals surface area (Å²) in [6.07, 6.45) is 0. The molecule has 0 radical (unpaired) electrons. The van der Waals surface area contributed by atoms with Crippen LogP contribution in [0.2, 0.25) is 0 Å². The average Bonchev–Trinajstić information content (AvgIpc) is 2.40. The topological polar surface area (TPSA) is 36.3 Å². The van der Waals surface area contributed by atoms with E-state index in [0.29, 0.717) is 6.61 Å². The summed E-state index contributed by atoms with van der Waals surface area (Å²) < 4.78 is 5.07. The number of ether oxygens (including phenoxy) is 1. The van der Waals surface area contributed by atoms with Gasteiger partial charge in [-0.1, -0.05) is 37.3 Å². The zero-order valence-corrected chi connectivity index (χ0v) is 10.6. The van der Waals surface area contributed by atoms with Gasteiger partial charge < -0.3 is 4.74 Å². The molecule has 1 aromatic rings. The highest BCUT2D eigenvalue weighted by Crippen LogP contribution is 2.15. The fraction of sp³-hybridized carbons (Fsp3) is 0.500. The second-order valence-electron chi connectivity index (χ2n) is 3.98. The maximum Gasteiger partial charge on any atom is 0.0839 e. The smallest absolute Gasteiger partial charge is 0.0839 e. The fourth-order valence-corrected chi connectivity index (χ4v) is 1.76. The van der Waals surface area contributed by atoms with E-state index in [0.717, 1.165) is 25.2 Å². The van der Waals surface area contributed by atoms with Crippen LogP contribution >= 0.6 is 0 Å². The first-order chi connectivity index (χ1) is 8.31. The highest BCUT2D eigenvalue weighted by atomic mass is 16.5. The van der Waals surface area contributed by atoms with E-state index in [1.54, 1.807) is 7.11 Å². The molecule has 3 heteroatoms. The molecule has 0 heterocycles. The molecule has 0 saturated carbocycles. The standard InChI is InChI=1S/C14H20N2O/c1-3-16(9-10-17-2)12-14(11-15)13-7-5-4-6-8-13/h4-8,14H,3,9-10,12H2,1-2H3. The quantitative estimate of drug-likeness (QED) is 0.723. The molecule has 1 aromatic carbocycles. The van der Waals surface area contributed by atoms with Gasteiger partial charge in [0.15, 0.2) is 0 Å². The fourth-order valence-electron chi connectivity index (χ4n) is 1.76. The lowest BCUT2D eigenvalue weighted by molar-refractivity contribution is 0.149. The Bertz CT molecular complexity index is 345. The molecule has 0 spiro atoms. The number of rotatable bonds is 7. The van der Waals surface area contributed by atoms with Gasteiger partial charge in [-0.15, -0.1) is 0 Å². The molecule has 0 amide bonds. The maximum absolute atomic E-state index is 9.24. The van der Waals surface area contributed by atoms with Gasteiger partial charge in [-0.2, -0.15) is 5.26 Å². The number of hydrogen-bond acceptors (Lipinski definition) is 3. The molecule has 0 fully saturated rings. The van der Waals surface area contributed by atoms with Gasteiger partial charge in [-0.05, 0) is 12.1 Å². The van der Waals surface area contributed by atoms with Gasteiger partial charge in [0.1, 0.15) is 0 Å². The summed E-state index contributed by atoms with van der Waals surface area (Å²) in [5, 5.41) is 9.24. The second-order valence-corrected chi connectivity index (χ2v) is 3.98. The van der Waals surface area contributed by atoms with Crippen LogP contribution in [-0.4, -0.2) is 38.3 Å². The minimum Gasteiger partial charge on any atom is -0.383 e. The lowest BCUT2D eigenvalue weighted by Crippen LogP contribution is -2.31. The molecular weight excluding hydrogens is 212 g/mol. The van der Waals surface area contributed by atoms with E-state index in [2.05, 4.69) is 17.9 Å². The third-order valence-electron chi connectivity index (χ3n) is 2.86. The summed E-state index contributed by atoms with van der Waals surface area (Å²) >= 11 is 0. The lowest BCUT2D eigenvalue weighted by atomic mass is 10.0. The molecule has 1 atom stereocenters. The van der Waals surface area contributed by atoms with Crippen LogP contribution in [0.5, 0.6) is 0 Å². The predicted octanol–water partition coefficient (Wildman–Crippen LogP) is 2.26. The lowest BCUT2D eigenvalue weighted by Gasteiger charge is -2.22. The van der Waals surface area contributed by atoms with Gasteiger partial charge >= 0.3 is 0 Å². The summed E-state index contributed by atoms with van der Waals surface area (Å²) in [6, 6.07) is 12.3. The van der Waals surface area contributed by atoms with E-state index in [1.807, 2.05) is 30.3 Å². The molecule has 0 aliphatic heterocycles. The molecule has 1 rings (SSSR count). The number of methoxy groups -OCH3 is 1. The van der Waals surface area contributed by atoms with Crippen LogP contribution < -0.4 is 0 Å². The van der Waals surface area contributed by atoms with Gasteiger partial charge in [-0.25, -0.2) is 0 Å². The van der Waals surface area contributed by atoms with Crippen LogP contribution in [0.1, 0.15) is 18.4 Å². The van der Waals surface area contributed by atoms with Gasteiger partial charge in [0, 0.05) is 20.2 Å². The molecule has 17 heavy (non-hydrogen) atoms. The van der Waals surface area contributed by atoms with Crippen LogP contribution in [0.15, 0.2) is 30.3 Å². The SMILES string of the molecule is CCN(CCOC)CC(C#N)c1ccccc1. The highest BCUT2D eigenvalue weighted by molar-refractivity contribution is 5.25. The largest absolute Gasteiger partial charge is 0.383 e. The molecule has 92 valence electrons. The molecular formula is C14H20N2O. The third kappa shape index (κ3) is 4.56. The van der Waals surface area contributed by atoms with Crippen LogP contribution in [0.3, 0.4) is 0 Å². The maximum atomic E-state index is 9.24. The van der Waals surface area contributed by atoms with E-state index < -0.39 is 0 Å². The van der Waals surface area contributed by atoms with Crippen molar-refractivity contribution >= 4 is 0 Å². The van der Waals surface area contributed by atoms with Crippen molar-refractivity contribution in [3.8, 4) is 6.07 Å². The first-order valence-corrected chi connectivity index (χ1v) is 5.97. The first kappa shape index (κ1) is 13.7. The van der Waals surface area contributed by atoms with Gasteiger partial charge in [-0.3, -0.25) is 4.90 Å². The highest BCUT2D eigenvalue weighted by Gasteiger charge is 2.14. The summed E-state index contributed by atoms with van der Waals surface area (Å²) in [5.74, 6) is -0.0620. The van der Waals surface area contributed by atoms with E-state index in [4.69, 9.17) is 4.74 Å². The molecule has 0 bridgehead atoms. The normalized spacial score (nSPS) is 12.4. The minimum absolute atomic E-state index is 0.0620. The summed E-state index contributed by atoms with van der Waals surface area (Å²) in [4.78, 5) is 2.24. The minimum atomic E-state index is -0.0620. The molecule has 0 aliphatic carbocycles. The van der Waals surface area contributed by atoms with Crippen LogP contribution in [0.25, 0.3) is 0 Å². The Morgan fingerprint density at radius 2 is 2.06 bits per heavy atom. The Labute approximate surface area is 104 Å². The molecule has 1 unspecified atom stereocenters. The Kier molecular flexibility index (Phi) is 6.31. The van der Waals surface area contributed by atoms with Crippen LogP contribution in [-0.2, 0) is 4.74 Å².